The van der Waals surface area contributed by atoms with Gasteiger partial charge in [0, 0.05) is 33.6 Å². The molecule has 10 nitrogen and oxygen atoms in total. The number of rotatable bonds is 7. The number of nitrogens with one attached hydrogen (secondary N) is 1. The predicted molar refractivity (Wildman–Crippen MR) is 109 cm³/mol. The van der Waals surface area contributed by atoms with Gasteiger partial charge in [0.25, 0.3) is 5.56 Å². The topological polar surface area (TPSA) is 157 Å². The molecule has 0 saturated carbocycles. The summed E-state index contributed by atoms with van der Waals surface area (Å²) < 4.78 is 11.4. The highest BCUT2D eigenvalue weighted by atomic mass is 35.5. The minimum Gasteiger partial charge on any atom is -0.462 e. The minimum atomic E-state index is -0.634. The fourth-order valence-electron chi connectivity index (χ4n) is 1.76. The maximum atomic E-state index is 11.7. The SMILES string of the molecule is CCC.CO.CO.COC(COC(=O)CN)CC(C)n1cc(Cl)c(=O)[nH]c1=O. The smallest absolute Gasteiger partial charge is 0.328 e. The van der Waals surface area contributed by atoms with E-state index in [9.17, 15) is 14.4 Å². The second-order valence-corrected chi connectivity index (χ2v) is 5.59. The predicted octanol–water partition coefficient (Wildman–Crippen LogP) is 0.291. The molecule has 0 saturated heterocycles. The molecule has 28 heavy (non-hydrogen) atoms. The number of carbonyl (C=O) groups excluding carboxylic acids is 1. The molecule has 2 unspecified atom stereocenters. The van der Waals surface area contributed by atoms with E-state index in [1.807, 2.05) is 0 Å². The lowest BCUT2D eigenvalue weighted by Gasteiger charge is -2.21. The number of esters is 1. The van der Waals surface area contributed by atoms with Gasteiger partial charge in [-0.2, -0.15) is 0 Å². The third-order valence-electron chi connectivity index (χ3n) is 2.93. The lowest BCUT2D eigenvalue weighted by atomic mass is 10.1. The first-order valence-electron chi connectivity index (χ1n) is 8.59. The van der Waals surface area contributed by atoms with Crippen LogP contribution in [0.3, 0.4) is 0 Å². The molecule has 0 aliphatic rings. The van der Waals surface area contributed by atoms with Crippen LogP contribution in [0.2, 0.25) is 5.02 Å². The largest absolute Gasteiger partial charge is 0.462 e. The van der Waals surface area contributed by atoms with Crippen LogP contribution >= 0.6 is 11.6 Å². The van der Waals surface area contributed by atoms with Crippen molar-refractivity contribution in [3.8, 4) is 0 Å². The molecule has 166 valence electrons. The number of hydrogen-bond donors (Lipinski definition) is 4. The van der Waals surface area contributed by atoms with Crippen LogP contribution in [0.15, 0.2) is 15.8 Å². The van der Waals surface area contributed by atoms with Crippen molar-refractivity contribution in [3.05, 3.63) is 32.1 Å². The number of methoxy groups -OCH3 is 1. The van der Waals surface area contributed by atoms with E-state index in [0.717, 1.165) is 14.2 Å². The number of halogens is 1. The number of aliphatic hydroxyl groups is 2. The zero-order valence-corrected chi connectivity index (χ0v) is 18.2. The van der Waals surface area contributed by atoms with E-state index in [1.54, 1.807) is 6.92 Å². The second kappa shape index (κ2) is 20.0. The van der Waals surface area contributed by atoms with Crippen molar-refractivity contribution >= 4 is 17.6 Å². The van der Waals surface area contributed by atoms with Crippen LogP contribution in [0, 0.1) is 0 Å². The molecular weight excluding hydrogens is 394 g/mol. The molecule has 0 aliphatic carbocycles. The molecule has 0 fully saturated rings. The van der Waals surface area contributed by atoms with Crippen LogP contribution in [0.5, 0.6) is 0 Å². The molecule has 0 aliphatic heterocycles. The van der Waals surface area contributed by atoms with Gasteiger partial charge in [-0.1, -0.05) is 31.9 Å². The Balaban J connectivity index is -0.000000789. The van der Waals surface area contributed by atoms with E-state index in [2.05, 4.69) is 18.8 Å². The Labute approximate surface area is 170 Å². The maximum absolute atomic E-state index is 11.7. The first kappa shape index (κ1) is 31.0. The fraction of sp³-hybridized carbons (Fsp3) is 0.706. The molecule has 11 heteroatoms. The Hall–Kier alpha value is -1.72. The third kappa shape index (κ3) is 13.4. The van der Waals surface area contributed by atoms with Gasteiger partial charge in [-0.05, 0) is 13.3 Å². The molecule has 1 heterocycles. The van der Waals surface area contributed by atoms with Crippen molar-refractivity contribution < 1.29 is 24.5 Å². The number of aromatic nitrogens is 2. The van der Waals surface area contributed by atoms with Gasteiger partial charge in [-0.3, -0.25) is 19.1 Å². The summed E-state index contributed by atoms with van der Waals surface area (Å²) in [4.78, 5) is 36.1. The van der Waals surface area contributed by atoms with Crippen LogP contribution in [0.1, 0.15) is 39.7 Å². The molecule has 0 aromatic carbocycles. The Morgan fingerprint density at radius 1 is 1.29 bits per heavy atom. The van der Waals surface area contributed by atoms with E-state index >= 15 is 0 Å². The third-order valence-corrected chi connectivity index (χ3v) is 3.20. The highest BCUT2D eigenvalue weighted by Gasteiger charge is 2.17. The normalized spacial score (nSPS) is 11.4. The van der Waals surface area contributed by atoms with Crippen LogP contribution < -0.4 is 17.0 Å². The number of hydrogen-bond acceptors (Lipinski definition) is 8. The van der Waals surface area contributed by atoms with Crippen LogP contribution in [0.4, 0.5) is 0 Å². The van der Waals surface area contributed by atoms with Crippen LogP contribution in [0.25, 0.3) is 0 Å². The fourth-order valence-corrected chi connectivity index (χ4v) is 1.91. The van der Waals surface area contributed by atoms with Gasteiger partial charge in [0.2, 0.25) is 0 Å². The maximum Gasteiger partial charge on any atom is 0.328 e. The van der Waals surface area contributed by atoms with Gasteiger partial charge < -0.3 is 25.4 Å². The second-order valence-electron chi connectivity index (χ2n) is 5.18. The lowest BCUT2D eigenvalue weighted by molar-refractivity contribution is -0.145. The van der Waals surface area contributed by atoms with Crippen molar-refractivity contribution in [1.82, 2.24) is 9.55 Å². The molecular formula is C17H34ClN3O7. The number of carbonyl (C=O) groups is 1. The summed E-state index contributed by atoms with van der Waals surface area (Å²) in [7, 11) is 3.47. The quantitative estimate of drug-likeness (QED) is 0.452. The molecule has 1 rings (SSSR count). The molecule has 0 amide bonds. The Morgan fingerprint density at radius 3 is 2.21 bits per heavy atom. The summed E-state index contributed by atoms with van der Waals surface area (Å²) in [6.45, 7) is 5.83. The first-order chi connectivity index (χ1) is 13.3. The lowest BCUT2D eigenvalue weighted by Crippen LogP contribution is -2.34. The summed E-state index contributed by atoms with van der Waals surface area (Å²) in [5.74, 6) is -0.533. The minimum absolute atomic E-state index is 0.0305. The van der Waals surface area contributed by atoms with Gasteiger partial charge in [-0.25, -0.2) is 4.79 Å². The van der Waals surface area contributed by atoms with Crippen LogP contribution in [-0.4, -0.2) is 66.3 Å². The van der Waals surface area contributed by atoms with Crippen LogP contribution in [-0.2, 0) is 14.3 Å². The Morgan fingerprint density at radius 2 is 1.79 bits per heavy atom. The summed E-state index contributed by atoms with van der Waals surface area (Å²) in [6.07, 6.45) is 2.50. The number of H-pyrrole nitrogens is 1. The van der Waals surface area contributed by atoms with E-state index in [0.29, 0.717) is 6.42 Å². The molecule has 1 aromatic heterocycles. The van der Waals surface area contributed by atoms with Gasteiger partial charge in [0.1, 0.15) is 11.6 Å². The zero-order chi connectivity index (χ0) is 22.7. The van der Waals surface area contributed by atoms with Crippen molar-refractivity contribution in [2.45, 2.75) is 45.8 Å². The van der Waals surface area contributed by atoms with E-state index in [-0.39, 0.29) is 24.2 Å². The van der Waals surface area contributed by atoms with Gasteiger partial charge in [0.15, 0.2) is 0 Å². The van der Waals surface area contributed by atoms with Gasteiger partial charge >= 0.3 is 11.7 Å². The monoisotopic (exact) mass is 427 g/mol. The number of nitrogens with two attached hydrogens (primary N) is 1. The summed E-state index contributed by atoms with van der Waals surface area (Å²) in [6, 6.07) is -0.312. The van der Waals surface area contributed by atoms with Crippen molar-refractivity contribution in [2.75, 3.05) is 34.5 Å². The van der Waals surface area contributed by atoms with E-state index in [4.69, 9.17) is 37.0 Å². The zero-order valence-electron chi connectivity index (χ0n) is 17.4. The average molecular weight is 428 g/mol. The Bertz CT molecular complexity index is 620. The first-order valence-corrected chi connectivity index (χ1v) is 8.97. The molecule has 0 radical (unpaired) electrons. The van der Waals surface area contributed by atoms with Crippen molar-refractivity contribution in [2.24, 2.45) is 5.73 Å². The molecule has 0 spiro atoms. The molecule has 0 bridgehead atoms. The standard InChI is InChI=1S/C12H18ClN3O5.C3H8.2CH4O/c1-7(3-8(20-2)6-21-10(17)4-14)16-5-9(13)11(18)15-12(16)19;1-3-2;2*1-2/h5,7-8H,3-4,6,14H2,1-2H3,(H,15,18,19);3H2,1-2H3;2*2H,1H3. The summed E-state index contributed by atoms with van der Waals surface area (Å²) in [5, 5.41) is 13.9. The average Bonchev–Trinajstić information content (AvgIpc) is 2.71. The highest BCUT2D eigenvalue weighted by molar-refractivity contribution is 6.30. The number of aliphatic hydroxyl groups excluding tert-OH is 2. The highest BCUT2D eigenvalue weighted by Crippen LogP contribution is 2.14. The van der Waals surface area contributed by atoms with E-state index < -0.39 is 23.3 Å². The van der Waals surface area contributed by atoms with Crippen molar-refractivity contribution in [3.63, 3.8) is 0 Å². The Kier molecular flexibility index (Phi) is 22.2. The van der Waals surface area contributed by atoms with Gasteiger partial charge in [-0.15, -0.1) is 0 Å². The van der Waals surface area contributed by atoms with E-state index in [1.165, 1.54) is 24.3 Å². The molecule has 1 aromatic rings. The number of nitrogens with zero attached hydrogens (tertiary/aromatic N) is 1. The number of ether oxygens (including phenoxy) is 2. The van der Waals surface area contributed by atoms with Crippen molar-refractivity contribution in [1.29, 1.82) is 0 Å². The van der Waals surface area contributed by atoms with Gasteiger partial charge in [0.05, 0.1) is 12.6 Å². The number of aromatic amines is 1. The summed E-state index contributed by atoms with van der Waals surface area (Å²) in [5.41, 5.74) is 3.94. The molecule has 2 atom stereocenters. The summed E-state index contributed by atoms with van der Waals surface area (Å²) >= 11 is 5.70. The molecule has 5 N–H and O–H groups in total.